The van der Waals surface area contributed by atoms with Crippen molar-refractivity contribution >= 4 is 34.5 Å². The normalized spacial score (nSPS) is 11.0. The molecule has 4 rings (SSSR count). The van der Waals surface area contributed by atoms with E-state index in [1.807, 2.05) is 6.07 Å². The smallest absolute Gasteiger partial charge is 0.405 e. The summed E-state index contributed by atoms with van der Waals surface area (Å²) in [6.07, 6.45) is 2.31. The number of nitrogens with two attached hydrogens (primary N) is 1. The van der Waals surface area contributed by atoms with Gasteiger partial charge in [-0.2, -0.15) is 5.10 Å². The molecule has 0 atom stereocenters. The number of aromatic nitrogens is 5. The van der Waals surface area contributed by atoms with E-state index in [4.69, 9.17) is 22.1 Å². The van der Waals surface area contributed by atoms with Gasteiger partial charge in [-0.1, -0.05) is 18.2 Å². The fourth-order valence-corrected chi connectivity index (χ4v) is 3.29. The predicted molar refractivity (Wildman–Crippen MR) is 118 cm³/mol. The molecular formula is C21H19ClFN7O2. The van der Waals surface area contributed by atoms with Crippen molar-refractivity contribution < 1.29 is 13.9 Å². The van der Waals surface area contributed by atoms with Crippen molar-refractivity contribution in [2.75, 3.05) is 25.2 Å². The number of carbonyl (C=O) groups excluding carboxylic acids is 1. The zero-order valence-corrected chi connectivity index (χ0v) is 17.8. The van der Waals surface area contributed by atoms with Crippen LogP contribution in [0.15, 0.2) is 48.8 Å². The number of anilines is 1. The van der Waals surface area contributed by atoms with Crippen molar-refractivity contribution in [3.8, 4) is 17.3 Å². The minimum Gasteiger partial charge on any atom is -0.405 e. The molecule has 1 amide bonds. The molecule has 164 valence electrons. The lowest BCUT2D eigenvalue weighted by molar-refractivity contribution is 0.165. The molecule has 0 saturated heterocycles. The Kier molecular flexibility index (Phi) is 6.13. The molecular weight excluding hydrogens is 437 g/mol. The van der Waals surface area contributed by atoms with E-state index in [-0.39, 0.29) is 35.6 Å². The number of halogens is 2. The molecule has 0 spiro atoms. The minimum absolute atomic E-state index is 0.0217. The Morgan fingerprint density at radius 2 is 2.06 bits per heavy atom. The van der Waals surface area contributed by atoms with Gasteiger partial charge in [0.25, 0.3) is 0 Å². The van der Waals surface area contributed by atoms with E-state index in [1.165, 1.54) is 17.2 Å². The van der Waals surface area contributed by atoms with Gasteiger partial charge in [0.05, 0.1) is 18.1 Å². The summed E-state index contributed by atoms with van der Waals surface area (Å²) in [6, 6.07) is 10.0. The fourth-order valence-electron chi connectivity index (χ4n) is 3.04. The molecule has 0 saturated carbocycles. The lowest BCUT2D eigenvalue weighted by atomic mass is 10.2. The summed E-state index contributed by atoms with van der Waals surface area (Å²) in [7, 11) is 1.55. The zero-order valence-electron chi connectivity index (χ0n) is 17.1. The molecule has 0 fully saturated rings. The first-order chi connectivity index (χ1) is 15.5. The molecule has 0 radical (unpaired) electrons. The lowest BCUT2D eigenvalue weighted by Crippen LogP contribution is -2.31. The van der Waals surface area contributed by atoms with Crippen molar-refractivity contribution in [1.82, 2.24) is 29.6 Å². The lowest BCUT2D eigenvalue weighted by Gasteiger charge is -2.15. The minimum atomic E-state index is -0.627. The Morgan fingerprint density at radius 1 is 1.25 bits per heavy atom. The van der Waals surface area contributed by atoms with E-state index in [2.05, 4.69) is 20.1 Å². The topological polar surface area (TPSA) is 112 Å². The van der Waals surface area contributed by atoms with Crippen LogP contribution in [0.1, 0.15) is 5.56 Å². The average Bonchev–Trinajstić information content (AvgIpc) is 3.15. The van der Waals surface area contributed by atoms with E-state index < -0.39 is 6.09 Å². The van der Waals surface area contributed by atoms with Crippen LogP contribution in [0.3, 0.4) is 0 Å². The second-order valence-corrected chi connectivity index (χ2v) is 7.27. The molecule has 1 aromatic carbocycles. The molecule has 0 aliphatic heterocycles. The van der Waals surface area contributed by atoms with Crippen LogP contribution in [0, 0.1) is 5.82 Å². The molecule has 0 aliphatic rings. The van der Waals surface area contributed by atoms with Gasteiger partial charge in [0, 0.05) is 31.2 Å². The molecule has 4 aromatic rings. The highest BCUT2D eigenvalue weighted by molar-refractivity contribution is 6.18. The van der Waals surface area contributed by atoms with E-state index in [0.717, 1.165) is 0 Å². The van der Waals surface area contributed by atoms with Gasteiger partial charge in [-0.25, -0.2) is 28.8 Å². The maximum atomic E-state index is 14.2. The maximum absolute atomic E-state index is 14.2. The van der Waals surface area contributed by atoms with Crippen LogP contribution < -0.4 is 10.5 Å². The number of amides is 1. The highest BCUT2D eigenvalue weighted by Crippen LogP contribution is 2.28. The van der Waals surface area contributed by atoms with Crippen LogP contribution in [0.4, 0.5) is 15.0 Å². The number of rotatable bonds is 6. The Balaban J connectivity index is 1.67. The maximum Gasteiger partial charge on any atom is 0.415 e. The molecule has 0 unspecified atom stereocenters. The Labute approximate surface area is 187 Å². The third-order valence-corrected chi connectivity index (χ3v) is 4.88. The summed E-state index contributed by atoms with van der Waals surface area (Å²) >= 11 is 5.64. The van der Waals surface area contributed by atoms with Gasteiger partial charge < -0.3 is 15.4 Å². The van der Waals surface area contributed by atoms with Gasteiger partial charge in [0.2, 0.25) is 0 Å². The first-order valence-corrected chi connectivity index (χ1v) is 10.2. The monoisotopic (exact) mass is 455 g/mol. The highest BCUT2D eigenvalue weighted by Gasteiger charge is 2.19. The molecule has 3 heterocycles. The summed E-state index contributed by atoms with van der Waals surface area (Å²) in [5.41, 5.74) is 7.44. The van der Waals surface area contributed by atoms with E-state index in [0.29, 0.717) is 28.8 Å². The van der Waals surface area contributed by atoms with Crippen LogP contribution in [0.5, 0.6) is 5.75 Å². The fraction of sp³-hybridized carbons (Fsp3) is 0.190. The third kappa shape index (κ3) is 4.30. The Bertz CT molecular complexity index is 1280. The standard InChI is InChI=1S/C21H19ClFN7O2/c1-29(10-8-22)21(31)32-16-11-26-19(27-18(16)24)17-14-6-4-9-25-20(14)30(28-17)12-13-5-2-3-7-15(13)23/h2-7,9,11H,8,10,12H2,1H3,(H2,24,26,27). The van der Waals surface area contributed by atoms with Gasteiger partial charge >= 0.3 is 6.09 Å². The van der Waals surface area contributed by atoms with Gasteiger partial charge in [-0.3, -0.25) is 0 Å². The van der Waals surface area contributed by atoms with Gasteiger partial charge in [-0.15, -0.1) is 11.6 Å². The molecule has 32 heavy (non-hydrogen) atoms. The second-order valence-electron chi connectivity index (χ2n) is 6.89. The number of ether oxygens (including phenoxy) is 1. The molecule has 0 bridgehead atoms. The van der Waals surface area contributed by atoms with Crippen LogP contribution in [-0.2, 0) is 6.54 Å². The number of hydrogen-bond acceptors (Lipinski definition) is 7. The largest absolute Gasteiger partial charge is 0.415 e. The van der Waals surface area contributed by atoms with E-state index >= 15 is 0 Å². The van der Waals surface area contributed by atoms with E-state index in [1.54, 1.807) is 42.2 Å². The third-order valence-electron chi connectivity index (χ3n) is 4.71. The Morgan fingerprint density at radius 3 is 2.81 bits per heavy atom. The second kappa shape index (κ2) is 9.15. The van der Waals surface area contributed by atoms with Crippen molar-refractivity contribution in [3.05, 3.63) is 60.2 Å². The number of hydrogen-bond donors (Lipinski definition) is 1. The van der Waals surface area contributed by atoms with Crippen LogP contribution in [0.2, 0.25) is 0 Å². The summed E-state index contributed by atoms with van der Waals surface area (Å²) in [6.45, 7) is 0.496. The van der Waals surface area contributed by atoms with Crippen LogP contribution in [-0.4, -0.2) is 55.2 Å². The first kappa shape index (κ1) is 21.4. The summed E-state index contributed by atoms with van der Waals surface area (Å²) in [4.78, 5) is 26.3. The number of benzene rings is 1. The summed E-state index contributed by atoms with van der Waals surface area (Å²) in [5, 5.41) is 5.23. The van der Waals surface area contributed by atoms with Gasteiger partial charge in [0.1, 0.15) is 11.5 Å². The van der Waals surface area contributed by atoms with E-state index in [9.17, 15) is 9.18 Å². The number of nitrogen functional groups attached to an aromatic ring is 1. The number of pyridine rings is 1. The van der Waals surface area contributed by atoms with Crippen molar-refractivity contribution in [1.29, 1.82) is 0 Å². The number of alkyl halides is 1. The molecule has 9 nitrogen and oxygen atoms in total. The first-order valence-electron chi connectivity index (χ1n) is 9.64. The number of carbonyl (C=O) groups is 1. The molecule has 3 aromatic heterocycles. The van der Waals surface area contributed by atoms with Crippen molar-refractivity contribution in [2.45, 2.75) is 6.54 Å². The van der Waals surface area contributed by atoms with Crippen molar-refractivity contribution in [2.24, 2.45) is 0 Å². The molecule has 2 N–H and O–H groups in total. The number of nitrogens with zero attached hydrogens (tertiary/aromatic N) is 6. The highest BCUT2D eigenvalue weighted by atomic mass is 35.5. The zero-order chi connectivity index (χ0) is 22.7. The predicted octanol–water partition coefficient (Wildman–Crippen LogP) is 3.33. The quantitative estimate of drug-likeness (QED) is 0.444. The summed E-state index contributed by atoms with van der Waals surface area (Å²) in [5.74, 6) is 0.158. The van der Waals surface area contributed by atoms with Crippen molar-refractivity contribution in [3.63, 3.8) is 0 Å². The summed E-state index contributed by atoms with van der Waals surface area (Å²) < 4.78 is 21.0. The van der Waals surface area contributed by atoms with Crippen LogP contribution in [0.25, 0.3) is 22.6 Å². The molecule has 11 heteroatoms. The number of fused-ring (bicyclic) bond motifs is 1. The van der Waals surface area contributed by atoms with Gasteiger partial charge in [-0.05, 0) is 18.2 Å². The average molecular weight is 456 g/mol. The van der Waals surface area contributed by atoms with Crippen LogP contribution >= 0.6 is 11.6 Å². The van der Waals surface area contributed by atoms with Gasteiger partial charge in [0.15, 0.2) is 23.0 Å². The Hall–Kier alpha value is -3.79. The SMILES string of the molecule is CN(CCCl)C(=O)Oc1cnc(-c2nn(Cc3ccccc3F)c3ncccc23)nc1N. The molecule has 0 aliphatic carbocycles.